The molecule has 120 valence electrons. The van der Waals surface area contributed by atoms with Crippen LogP contribution in [-0.4, -0.2) is 10.9 Å². The second-order valence-corrected chi connectivity index (χ2v) is 5.31. The Hall–Kier alpha value is -3.64. The number of hydrogen-bond acceptors (Lipinski definition) is 2. The Balaban J connectivity index is 1.67. The van der Waals surface area contributed by atoms with E-state index in [4.69, 9.17) is 0 Å². The smallest absolute Gasteiger partial charge is 0.248 e. The molecular formula is C22H16N2O. The monoisotopic (exact) mass is 324 g/mol. The van der Waals surface area contributed by atoms with Gasteiger partial charge in [0.2, 0.25) is 5.91 Å². The van der Waals surface area contributed by atoms with E-state index in [-0.39, 0.29) is 5.91 Å². The maximum Gasteiger partial charge on any atom is 0.248 e. The molecule has 3 aromatic rings. The van der Waals surface area contributed by atoms with Crippen molar-refractivity contribution in [3.8, 4) is 11.8 Å². The van der Waals surface area contributed by atoms with Crippen LogP contribution in [0.5, 0.6) is 0 Å². The number of aromatic nitrogens is 1. The number of carbonyl (C=O) groups excluding carboxylic acids is 1. The van der Waals surface area contributed by atoms with Gasteiger partial charge in [-0.05, 0) is 48.0 Å². The standard InChI is InChI=1S/C22H16N2O/c25-22(14-13-20-9-5-15-23-17-20)24-21-10-4-8-19(16-21)12-11-18-6-2-1-3-7-18/h1-10,13-17H,(H,24,25)/b14-13+. The number of rotatable bonds is 3. The predicted molar refractivity (Wildman–Crippen MR) is 101 cm³/mol. The van der Waals surface area contributed by atoms with E-state index < -0.39 is 0 Å². The lowest BCUT2D eigenvalue weighted by Crippen LogP contribution is -2.07. The van der Waals surface area contributed by atoms with Crippen LogP contribution in [0.3, 0.4) is 0 Å². The molecule has 25 heavy (non-hydrogen) atoms. The lowest BCUT2D eigenvalue weighted by atomic mass is 10.1. The molecule has 1 N–H and O–H groups in total. The van der Waals surface area contributed by atoms with E-state index in [1.54, 1.807) is 18.5 Å². The normalized spacial score (nSPS) is 10.1. The molecule has 0 atom stereocenters. The molecule has 1 amide bonds. The molecule has 0 saturated heterocycles. The summed E-state index contributed by atoms with van der Waals surface area (Å²) < 4.78 is 0. The van der Waals surface area contributed by atoms with Crippen molar-refractivity contribution in [1.82, 2.24) is 4.98 Å². The molecule has 0 aliphatic carbocycles. The first-order valence-corrected chi connectivity index (χ1v) is 7.86. The molecule has 0 unspecified atom stereocenters. The summed E-state index contributed by atoms with van der Waals surface area (Å²) in [5, 5.41) is 2.84. The van der Waals surface area contributed by atoms with Gasteiger partial charge in [0, 0.05) is 35.3 Å². The van der Waals surface area contributed by atoms with Crippen LogP contribution < -0.4 is 5.32 Å². The van der Waals surface area contributed by atoms with Gasteiger partial charge in [-0.1, -0.05) is 42.2 Å². The first-order valence-electron chi connectivity index (χ1n) is 7.86. The second-order valence-electron chi connectivity index (χ2n) is 5.31. The number of amides is 1. The zero-order valence-corrected chi connectivity index (χ0v) is 13.5. The second kappa shape index (κ2) is 8.28. The van der Waals surface area contributed by atoms with Gasteiger partial charge in [-0.2, -0.15) is 0 Å². The number of benzene rings is 2. The summed E-state index contributed by atoms with van der Waals surface area (Å²) >= 11 is 0. The van der Waals surface area contributed by atoms with Gasteiger partial charge in [-0.3, -0.25) is 9.78 Å². The molecule has 3 rings (SSSR count). The third-order valence-corrected chi connectivity index (χ3v) is 3.37. The zero-order chi connectivity index (χ0) is 17.3. The highest BCUT2D eigenvalue weighted by Gasteiger charge is 1.98. The molecule has 3 nitrogen and oxygen atoms in total. The summed E-state index contributed by atoms with van der Waals surface area (Å²) in [6.45, 7) is 0. The summed E-state index contributed by atoms with van der Waals surface area (Å²) in [6, 6.07) is 21.0. The van der Waals surface area contributed by atoms with Crippen molar-refractivity contribution in [1.29, 1.82) is 0 Å². The fraction of sp³-hybridized carbons (Fsp3) is 0. The first-order chi connectivity index (χ1) is 12.3. The Bertz CT molecular complexity index is 936. The highest BCUT2D eigenvalue weighted by atomic mass is 16.1. The number of anilines is 1. The molecule has 0 aliphatic heterocycles. The van der Waals surface area contributed by atoms with Crippen LogP contribution in [0.1, 0.15) is 16.7 Å². The minimum Gasteiger partial charge on any atom is -0.322 e. The van der Waals surface area contributed by atoms with Crippen molar-refractivity contribution in [3.63, 3.8) is 0 Å². The van der Waals surface area contributed by atoms with E-state index in [2.05, 4.69) is 22.1 Å². The Labute approximate surface area is 147 Å². The summed E-state index contributed by atoms with van der Waals surface area (Å²) in [5.74, 6) is 6.01. The van der Waals surface area contributed by atoms with Crippen LogP contribution in [0.25, 0.3) is 6.08 Å². The van der Waals surface area contributed by atoms with E-state index in [1.807, 2.05) is 66.7 Å². The van der Waals surface area contributed by atoms with Gasteiger partial charge < -0.3 is 5.32 Å². The fourth-order valence-corrected chi connectivity index (χ4v) is 2.17. The molecule has 3 heteroatoms. The molecule has 0 spiro atoms. The van der Waals surface area contributed by atoms with Crippen LogP contribution in [-0.2, 0) is 4.79 Å². The summed E-state index contributed by atoms with van der Waals surface area (Å²) in [6.07, 6.45) is 6.60. The quantitative estimate of drug-likeness (QED) is 0.581. The summed E-state index contributed by atoms with van der Waals surface area (Å²) in [5.41, 5.74) is 3.38. The predicted octanol–water partition coefficient (Wildman–Crippen LogP) is 4.13. The van der Waals surface area contributed by atoms with E-state index in [0.29, 0.717) is 5.69 Å². The van der Waals surface area contributed by atoms with Gasteiger partial charge >= 0.3 is 0 Å². The van der Waals surface area contributed by atoms with Crippen molar-refractivity contribution >= 4 is 17.7 Å². The zero-order valence-electron chi connectivity index (χ0n) is 13.5. The maximum atomic E-state index is 12.0. The van der Waals surface area contributed by atoms with Gasteiger partial charge in [0.1, 0.15) is 0 Å². The molecular weight excluding hydrogens is 308 g/mol. The third kappa shape index (κ3) is 5.19. The summed E-state index contributed by atoms with van der Waals surface area (Å²) in [7, 11) is 0. The number of pyridine rings is 1. The highest BCUT2D eigenvalue weighted by Crippen LogP contribution is 2.10. The topological polar surface area (TPSA) is 42.0 Å². The van der Waals surface area contributed by atoms with Crippen LogP contribution >= 0.6 is 0 Å². The molecule has 0 aliphatic rings. The van der Waals surface area contributed by atoms with Crippen molar-refractivity contribution in [2.75, 3.05) is 5.32 Å². The molecule has 1 heterocycles. The molecule has 2 aromatic carbocycles. The Morgan fingerprint density at radius 3 is 2.52 bits per heavy atom. The molecule has 1 aromatic heterocycles. The summed E-state index contributed by atoms with van der Waals surface area (Å²) in [4.78, 5) is 16.0. The van der Waals surface area contributed by atoms with E-state index in [1.165, 1.54) is 6.08 Å². The Morgan fingerprint density at radius 1 is 0.920 bits per heavy atom. The van der Waals surface area contributed by atoms with Gasteiger partial charge in [-0.25, -0.2) is 0 Å². The minimum atomic E-state index is -0.197. The number of nitrogens with zero attached hydrogens (tertiary/aromatic N) is 1. The van der Waals surface area contributed by atoms with Crippen molar-refractivity contribution < 1.29 is 4.79 Å². The fourth-order valence-electron chi connectivity index (χ4n) is 2.17. The van der Waals surface area contributed by atoms with Crippen molar-refractivity contribution in [3.05, 3.63) is 102 Å². The van der Waals surface area contributed by atoms with Gasteiger partial charge in [0.05, 0.1) is 0 Å². The van der Waals surface area contributed by atoms with E-state index in [9.17, 15) is 4.79 Å². The number of carbonyl (C=O) groups is 1. The van der Waals surface area contributed by atoms with Crippen LogP contribution in [0, 0.1) is 11.8 Å². The number of nitrogens with one attached hydrogen (secondary N) is 1. The Kier molecular flexibility index (Phi) is 5.37. The first kappa shape index (κ1) is 16.2. The van der Waals surface area contributed by atoms with Crippen LogP contribution in [0.2, 0.25) is 0 Å². The third-order valence-electron chi connectivity index (χ3n) is 3.37. The average Bonchev–Trinajstić information content (AvgIpc) is 2.67. The van der Waals surface area contributed by atoms with Gasteiger partial charge in [-0.15, -0.1) is 0 Å². The van der Waals surface area contributed by atoms with E-state index in [0.717, 1.165) is 16.7 Å². The SMILES string of the molecule is O=C(/C=C/c1cccnc1)Nc1cccc(C#Cc2ccccc2)c1. The van der Waals surface area contributed by atoms with Gasteiger partial charge in [0.15, 0.2) is 0 Å². The lowest BCUT2D eigenvalue weighted by Gasteiger charge is -2.02. The molecule has 0 saturated carbocycles. The molecule has 0 fully saturated rings. The lowest BCUT2D eigenvalue weighted by molar-refractivity contribution is -0.111. The van der Waals surface area contributed by atoms with Crippen molar-refractivity contribution in [2.24, 2.45) is 0 Å². The average molecular weight is 324 g/mol. The molecule has 0 radical (unpaired) electrons. The van der Waals surface area contributed by atoms with E-state index >= 15 is 0 Å². The van der Waals surface area contributed by atoms with Crippen LogP contribution in [0.15, 0.2) is 85.2 Å². The molecule has 0 bridgehead atoms. The number of hydrogen-bond donors (Lipinski definition) is 1. The highest BCUT2D eigenvalue weighted by molar-refractivity contribution is 6.01. The van der Waals surface area contributed by atoms with Gasteiger partial charge in [0.25, 0.3) is 0 Å². The Morgan fingerprint density at radius 2 is 1.72 bits per heavy atom. The largest absolute Gasteiger partial charge is 0.322 e. The maximum absolute atomic E-state index is 12.0. The minimum absolute atomic E-state index is 0.197. The van der Waals surface area contributed by atoms with Crippen LogP contribution in [0.4, 0.5) is 5.69 Å². The van der Waals surface area contributed by atoms with Crippen molar-refractivity contribution in [2.45, 2.75) is 0 Å².